The van der Waals surface area contributed by atoms with E-state index in [1.54, 1.807) is 0 Å². The van der Waals surface area contributed by atoms with Crippen LogP contribution in [0.5, 0.6) is 0 Å². The van der Waals surface area contributed by atoms with Gasteiger partial charge in [-0.3, -0.25) is 0 Å². The maximum atomic E-state index is 9.23. The lowest BCUT2D eigenvalue weighted by molar-refractivity contribution is -0.0428. The van der Waals surface area contributed by atoms with Crippen molar-refractivity contribution in [1.82, 2.24) is 5.32 Å². The lowest BCUT2D eigenvalue weighted by atomic mass is 9.98. The molecule has 0 aromatic rings. The Morgan fingerprint density at radius 1 is 1.27 bits per heavy atom. The quantitative estimate of drug-likeness (QED) is 0.739. The molecule has 0 aromatic heterocycles. The Morgan fingerprint density at radius 2 is 1.87 bits per heavy atom. The van der Waals surface area contributed by atoms with Gasteiger partial charge in [-0.1, -0.05) is 0 Å². The van der Waals surface area contributed by atoms with E-state index in [1.165, 1.54) is 12.8 Å². The molecule has 1 aliphatic heterocycles. The summed E-state index contributed by atoms with van der Waals surface area (Å²) in [5.74, 6) is 0. The fraction of sp³-hybridized carbons (Fsp3) is 1.00. The second-order valence-corrected chi connectivity index (χ2v) is 5.46. The molecule has 1 saturated heterocycles. The van der Waals surface area contributed by atoms with Crippen molar-refractivity contribution >= 4 is 0 Å². The predicted octanol–water partition coefficient (Wildman–Crippen LogP) is 1.30. The van der Waals surface area contributed by atoms with E-state index in [1.807, 2.05) is 0 Å². The van der Waals surface area contributed by atoms with Crippen molar-refractivity contribution in [3.8, 4) is 0 Å². The Morgan fingerprint density at radius 3 is 2.33 bits per heavy atom. The average Bonchev–Trinajstić information content (AvgIpc) is 2.94. The molecule has 1 aliphatic carbocycles. The summed E-state index contributed by atoms with van der Waals surface area (Å²) in [7, 11) is 0. The van der Waals surface area contributed by atoms with Crippen molar-refractivity contribution < 1.29 is 9.84 Å². The Bertz CT molecular complexity index is 206. The van der Waals surface area contributed by atoms with Crippen molar-refractivity contribution in [3.63, 3.8) is 0 Å². The Hall–Kier alpha value is -0.120. The van der Waals surface area contributed by atoms with Crippen LogP contribution in [0.2, 0.25) is 0 Å². The first kappa shape index (κ1) is 11.4. The summed E-state index contributed by atoms with van der Waals surface area (Å²) in [5, 5.41) is 12.8. The summed E-state index contributed by atoms with van der Waals surface area (Å²) in [6.07, 6.45) is 5.32. The van der Waals surface area contributed by atoms with Crippen LogP contribution in [-0.2, 0) is 4.74 Å². The third kappa shape index (κ3) is 2.92. The fourth-order valence-corrected chi connectivity index (χ4v) is 2.50. The minimum absolute atomic E-state index is 0.227. The van der Waals surface area contributed by atoms with Crippen LogP contribution in [0.15, 0.2) is 0 Å². The Balaban J connectivity index is 1.74. The second-order valence-electron chi connectivity index (χ2n) is 5.46. The van der Waals surface area contributed by atoms with Crippen molar-refractivity contribution in [2.75, 3.05) is 13.2 Å². The molecule has 0 amide bonds. The van der Waals surface area contributed by atoms with E-state index in [9.17, 15) is 5.11 Å². The molecule has 2 atom stereocenters. The van der Waals surface area contributed by atoms with Gasteiger partial charge in [-0.2, -0.15) is 0 Å². The zero-order chi connectivity index (χ0) is 10.9. The van der Waals surface area contributed by atoms with Crippen LogP contribution in [0.4, 0.5) is 0 Å². The molecule has 88 valence electrons. The third-order valence-corrected chi connectivity index (χ3v) is 3.76. The van der Waals surface area contributed by atoms with Crippen molar-refractivity contribution in [2.24, 2.45) is 5.41 Å². The summed E-state index contributed by atoms with van der Waals surface area (Å²) in [5.41, 5.74) is 0.227. The average molecular weight is 213 g/mol. The zero-order valence-corrected chi connectivity index (χ0v) is 9.83. The summed E-state index contributed by atoms with van der Waals surface area (Å²) in [6.45, 7) is 5.61. The highest BCUT2D eigenvalue weighted by molar-refractivity contribution is 4.95. The summed E-state index contributed by atoms with van der Waals surface area (Å²) in [4.78, 5) is 0. The van der Waals surface area contributed by atoms with Crippen molar-refractivity contribution in [3.05, 3.63) is 0 Å². The highest BCUT2D eigenvalue weighted by Gasteiger charge is 2.42. The molecule has 2 N–H and O–H groups in total. The molecule has 0 spiro atoms. The first-order valence-electron chi connectivity index (χ1n) is 6.13. The monoisotopic (exact) mass is 213 g/mol. The maximum absolute atomic E-state index is 9.23. The predicted molar refractivity (Wildman–Crippen MR) is 59.8 cm³/mol. The largest absolute Gasteiger partial charge is 0.396 e. The molecule has 1 heterocycles. The van der Waals surface area contributed by atoms with Crippen LogP contribution in [0.3, 0.4) is 0 Å². The van der Waals surface area contributed by atoms with Crippen LogP contribution in [0.1, 0.15) is 39.5 Å². The minimum Gasteiger partial charge on any atom is -0.396 e. The molecule has 2 aliphatic rings. The van der Waals surface area contributed by atoms with Crippen LogP contribution in [0, 0.1) is 5.41 Å². The topological polar surface area (TPSA) is 41.5 Å². The molecule has 0 bridgehead atoms. The van der Waals surface area contributed by atoms with Crippen molar-refractivity contribution in [2.45, 2.75) is 57.8 Å². The number of aliphatic hydroxyl groups excluding tert-OH is 1. The lowest BCUT2D eigenvalue weighted by Gasteiger charge is -2.33. The lowest BCUT2D eigenvalue weighted by Crippen LogP contribution is -2.43. The molecule has 0 aromatic carbocycles. The van der Waals surface area contributed by atoms with Crippen LogP contribution >= 0.6 is 0 Å². The zero-order valence-electron chi connectivity index (χ0n) is 9.83. The number of hydrogen-bond donors (Lipinski definition) is 2. The van der Waals surface area contributed by atoms with E-state index in [0.717, 1.165) is 19.4 Å². The molecule has 2 rings (SSSR count). The first-order chi connectivity index (χ1) is 7.13. The van der Waals surface area contributed by atoms with Gasteiger partial charge in [0.05, 0.1) is 12.2 Å². The van der Waals surface area contributed by atoms with Gasteiger partial charge in [-0.25, -0.2) is 0 Å². The number of nitrogens with one attached hydrogen (secondary N) is 1. The van der Waals surface area contributed by atoms with Gasteiger partial charge in [0.25, 0.3) is 0 Å². The highest BCUT2D eigenvalue weighted by atomic mass is 16.5. The number of hydrogen-bond acceptors (Lipinski definition) is 3. The van der Waals surface area contributed by atoms with Gasteiger partial charge >= 0.3 is 0 Å². The number of rotatable bonds is 4. The number of ether oxygens (including phenoxy) is 1. The summed E-state index contributed by atoms with van der Waals surface area (Å²) >= 11 is 0. The van der Waals surface area contributed by atoms with Gasteiger partial charge < -0.3 is 15.2 Å². The highest BCUT2D eigenvalue weighted by Crippen LogP contribution is 2.44. The van der Waals surface area contributed by atoms with E-state index in [2.05, 4.69) is 19.2 Å². The molecular formula is C12H23NO2. The Labute approximate surface area is 92.2 Å². The van der Waals surface area contributed by atoms with Gasteiger partial charge in [0.1, 0.15) is 0 Å². The molecule has 2 fully saturated rings. The number of aliphatic hydroxyl groups is 1. The molecule has 2 unspecified atom stereocenters. The molecule has 1 saturated carbocycles. The van der Waals surface area contributed by atoms with Crippen molar-refractivity contribution in [1.29, 1.82) is 0 Å². The van der Waals surface area contributed by atoms with Gasteiger partial charge in [0, 0.05) is 24.6 Å². The van der Waals surface area contributed by atoms with Gasteiger partial charge in [-0.15, -0.1) is 0 Å². The summed E-state index contributed by atoms with van der Waals surface area (Å²) in [6, 6.07) is 0.577. The second kappa shape index (κ2) is 4.40. The van der Waals surface area contributed by atoms with Crippen LogP contribution in [-0.4, -0.2) is 36.5 Å². The standard InChI is InChI=1S/C12H23NO2/c1-9-5-11(6-10(2)15-9)13-7-12(8-14)3-4-12/h9-11,13-14H,3-8H2,1-2H3. The summed E-state index contributed by atoms with van der Waals surface area (Å²) < 4.78 is 5.70. The molecule has 3 heteroatoms. The smallest absolute Gasteiger partial charge is 0.0565 e. The molecule has 15 heavy (non-hydrogen) atoms. The minimum atomic E-state index is 0.227. The van der Waals surface area contributed by atoms with Crippen LogP contribution in [0.25, 0.3) is 0 Å². The van der Waals surface area contributed by atoms with Crippen LogP contribution < -0.4 is 5.32 Å². The van der Waals surface area contributed by atoms with Gasteiger partial charge in [0.15, 0.2) is 0 Å². The SMILES string of the molecule is CC1CC(NCC2(CO)CC2)CC(C)O1. The first-order valence-corrected chi connectivity index (χ1v) is 6.13. The van der Waals surface area contributed by atoms with Gasteiger partial charge in [0.2, 0.25) is 0 Å². The third-order valence-electron chi connectivity index (χ3n) is 3.76. The van der Waals surface area contributed by atoms with E-state index in [4.69, 9.17) is 4.74 Å². The molecule has 0 radical (unpaired) electrons. The molecule has 3 nitrogen and oxygen atoms in total. The normalized spacial score (nSPS) is 39.0. The van der Waals surface area contributed by atoms with E-state index in [0.29, 0.717) is 24.9 Å². The van der Waals surface area contributed by atoms with E-state index in [-0.39, 0.29) is 5.41 Å². The molecular weight excluding hydrogens is 190 g/mol. The van der Waals surface area contributed by atoms with E-state index < -0.39 is 0 Å². The maximum Gasteiger partial charge on any atom is 0.0565 e. The fourth-order valence-electron chi connectivity index (χ4n) is 2.50. The van der Waals surface area contributed by atoms with E-state index >= 15 is 0 Å². The Kier molecular flexibility index (Phi) is 3.33. The van der Waals surface area contributed by atoms with Gasteiger partial charge in [-0.05, 0) is 39.5 Å².